The van der Waals surface area contributed by atoms with Crippen LogP contribution in [0.2, 0.25) is 0 Å². The highest BCUT2D eigenvalue weighted by Gasteiger charge is 2.62. The maximum absolute atomic E-state index is 14.9. The van der Waals surface area contributed by atoms with Gasteiger partial charge in [-0.05, 0) is 31.8 Å². The number of halogens is 1. The summed E-state index contributed by atoms with van der Waals surface area (Å²) in [6.45, 7) is 3.69. The van der Waals surface area contributed by atoms with E-state index in [0.717, 1.165) is 4.57 Å². The molecule has 2 heterocycles. The third kappa shape index (κ3) is 3.40. The van der Waals surface area contributed by atoms with Crippen LogP contribution in [0.5, 0.6) is 11.5 Å². The zero-order valence-corrected chi connectivity index (χ0v) is 16.7. The van der Waals surface area contributed by atoms with E-state index in [9.17, 15) is 19.4 Å². The number of aliphatic imine (C=N–C) groups is 1. The largest absolute Gasteiger partial charge is 0.497 e. The molecule has 0 spiro atoms. The summed E-state index contributed by atoms with van der Waals surface area (Å²) in [6, 6.07) is 6.47. The molecule has 1 aromatic heterocycles. The number of anilines is 2. The molecule has 1 fully saturated rings. The topological polar surface area (TPSA) is 127 Å². The highest BCUT2D eigenvalue weighted by Crippen LogP contribution is 2.43. The SMILES string of the molecule is C=N[C@]1(CO)OC(C)(n2ccc(Nc3ccc(OC)cc3OC)nc2=O)C(F)C1O. The number of hydrogen-bond donors (Lipinski definition) is 3. The Kier molecular flexibility index (Phi) is 5.79. The zero-order chi connectivity index (χ0) is 22.1. The standard InChI is InChI=1S/C19H23FN4O6/c1-18(15(20)16(26)19(10-25,21-2)30-18)24-8-7-14(23-17(24)27)22-12-6-5-11(28-3)9-13(12)29-4/h5-9,15-16,25-26H,2,10H2,1,3-4H3,(H,22,23,27)/t15?,16?,18?,19-/m1/s1. The van der Waals surface area contributed by atoms with Gasteiger partial charge in [0.1, 0.15) is 23.4 Å². The van der Waals surface area contributed by atoms with Crippen molar-refractivity contribution in [3.05, 3.63) is 40.9 Å². The van der Waals surface area contributed by atoms with Crippen LogP contribution >= 0.6 is 0 Å². The van der Waals surface area contributed by atoms with Crippen molar-refractivity contribution in [2.24, 2.45) is 4.99 Å². The first-order chi connectivity index (χ1) is 14.2. The second-order valence-corrected chi connectivity index (χ2v) is 6.82. The average Bonchev–Trinajstić information content (AvgIpc) is 2.95. The van der Waals surface area contributed by atoms with Crippen molar-refractivity contribution in [1.29, 1.82) is 0 Å². The Morgan fingerprint density at radius 1 is 1.40 bits per heavy atom. The van der Waals surface area contributed by atoms with Gasteiger partial charge in [0.2, 0.25) is 5.72 Å². The fourth-order valence-corrected chi connectivity index (χ4v) is 3.33. The van der Waals surface area contributed by atoms with Crippen molar-refractivity contribution < 1.29 is 28.8 Å². The first-order valence-corrected chi connectivity index (χ1v) is 8.95. The summed E-state index contributed by atoms with van der Waals surface area (Å²) >= 11 is 0. The van der Waals surface area contributed by atoms with Crippen LogP contribution < -0.4 is 20.5 Å². The Bertz CT molecular complexity index is 1000. The number of aliphatic hydroxyl groups excluding tert-OH is 2. The Balaban J connectivity index is 1.93. The molecule has 30 heavy (non-hydrogen) atoms. The van der Waals surface area contributed by atoms with Crippen molar-refractivity contribution in [2.45, 2.75) is 30.6 Å². The first kappa shape index (κ1) is 21.7. The number of nitrogens with zero attached hydrogens (tertiary/aromatic N) is 3. The predicted octanol–water partition coefficient (Wildman–Crippen LogP) is 0.795. The predicted molar refractivity (Wildman–Crippen MR) is 106 cm³/mol. The lowest BCUT2D eigenvalue weighted by Crippen LogP contribution is -2.46. The first-order valence-electron chi connectivity index (χ1n) is 8.95. The van der Waals surface area contributed by atoms with E-state index in [4.69, 9.17) is 14.2 Å². The molecule has 0 bridgehead atoms. The molecule has 1 aliphatic rings. The molecule has 0 radical (unpaired) electrons. The van der Waals surface area contributed by atoms with Crippen LogP contribution in [0.3, 0.4) is 0 Å². The molecular weight excluding hydrogens is 399 g/mol. The summed E-state index contributed by atoms with van der Waals surface area (Å²) < 4.78 is 31.7. The minimum Gasteiger partial charge on any atom is -0.497 e. The summed E-state index contributed by atoms with van der Waals surface area (Å²) in [5, 5.41) is 22.7. The number of methoxy groups -OCH3 is 2. The van der Waals surface area contributed by atoms with Crippen LogP contribution in [-0.4, -0.2) is 65.3 Å². The highest BCUT2D eigenvalue weighted by molar-refractivity contribution is 5.65. The molecule has 11 heteroatoms. The van der Waals surface area contributed by atoms with Gasteiger partial charge in [0, 0.05) is 12.3 Å². The van der Waals surface area contributed by atoms with Crippen LogP contribution in [0.4, 0.5) is 15.9 Å². The van der Waals surface area contributed by atoms with E-state index in [2.05, 4.69) is 22.0 Å². The number of nitrogens with one attached hydrogen (secondary N) is 1. The van der Waals surface area contributed by atoms with Crippen LogP contribution in [0.1, 0.15) is 6.92 Å². The van der Waals surface area contributed by atoms with Gasteiger partial charge >= 0.3 is 5.69 Å². The van der Waals surface area contributed by atoms with Crippen LogP contribution in [0, 0.1) is 0 Å². The van der Waals surface area contributed by atoms with Crippen molar-refractivity contribution in [3.8, 4) is 11.5 Å². The van der Waals surface area contributed by atoms with Gasteiger partial charge in [0.25, 0.3) is 0 Å². The number of ether oxygens (including phenoxy) is 3. The number of rotatable bonds is 7. The minimum absolute atomic E-state index is 0.174. The smallest absolute Gasteiger partial charge is 0.351 e. The van der Waals surface area contributed by atoms with E-state index in [1.54, 1.807) is 18.2 Å². The Morgan fingerprint density at radius 3 is 2.67 bits per heavy atom. The van der Waals surface area contributed by atoms with Crippen LogP contribution in [0.15, 0.2) is 40.2 Å². The molecule has 3 N–H and O–H groups in total. The Labute approximate surface area is 171 Å². The molecule has 0 aliphatic carbocycles. The van der Waals surface area contributed by atoms with Crippen LogP contribution in [-0.2, 0) is 10.5 Å². The van der Waals surface area contributed by atoms with Crippen molar-refractivity contribution in [1.82, 2.24) is 9.55 Å². The number of aliphatic hydroxyl groups is 2. The van der Waals surface area contributed by atoms with Gasteiger partial charge in [0.05, 0.1) is 26.5 Å². The molecule has 3 unspecified atom stereocenters. The van der Waals surface area contributed by atoms with Gasteiger partial charge in [0.15, 0.2) is 11.9 Å². The number of benzene rings is 1. The van der Waals surface area contributed by atoms with E-state index >= 15 is 0 Å². The van der Waals surface area contributed by atoms with Gasteiger partial charge in [-0.15, -0.1) is 0 Å². The third-order valence-electron chi connectivity index (χ3n) is 5.08. The summed E-state index contributed by atoms with van der Waals surface area (Å²) in [4.78, 5) is 20.1. The van der Waals surface area contributed by atoms with Crippen molar-refractivity contribution in [2.75, 3.05) is 26.1 Å². The summed E-state index contributed by atoms with van der Waals surface area (Å²) in [5.41, 5.74) is -4.26. The summed E-state index contributed by atoms with van der Waals surface area (Å²) in [7, 11) is 3.01. The van der Waals surface area contributed by atoms with E-state index in [-0.39, 0.29) is 5.82 Å². The number of aromatic nitrogens is 2. The minimum atomic E-state index is -2.07. The van der Waals surface area contributed by atoms with Crippen molar-refractivity contribution >= 4 is 18.2 Å². The molecule has 4 atom stereocenters. The normalized spacial score (nSPS) is 28.2. The number of alkyl halides is 1. The van der Waals surface area contributed by atoms with E-state index < -0.39 is 36.0 Å². The molecule has 3 rings (SSSR count). The molecule has 1 saturated heterocycles. The maximum atomic E-state index is 14.9. The van der Waals surface area contributed by atoms with Gasteiger partial charge in [-0.25, -0.2) is 9.18 Å². The maximum Gasteiger partial charge on any atom is 0.351 e. The summed E-state index contributed by atoms with van der Waals surface area (Å²) in [6.07, 6.45) is -2.63. The van der Waals surface area contributed by atoms with Crippen LogP contribution in [0.25, 0.3) is 0 Å². The molecule has 0 amide bonds. The lowest BCUT2D eigenvalue weighted by Gasteiger charge is -2.30. The second kappa shape index (κ2) is 8.01. The quantitative estimate of drug-likeness (QED) is 0.559. The van der Waals surface area contributed by atoms with Crippen molar-refractivity contribution in [3.63, 3.8) is 0 Å². The molecular formula is C19H23FN4O6. The van der Waals surface area contributed by atoms with E-state index in [1.165, 1.54) is 33.4 Å². The zero-order valence-electron chi connectivity index (χ0n) is 16.7. The average molecular weight is 422 g/mol. The molecule has 10 nitrogen and oxygen atoms in total. The highest BCUT2D eigenvalue weighted by atomic mass is 19.1. The second-order valence-electron chi connectivity index (χ2n) is 6.82. The fraction of sp³-hybridized carbons (Fsp3) is 0.421. The molecule has 1 aliphatic heterocycles. The van der Waals surface area contributed by atoms with Gasteiger partial charge in [-0.2, -0.15) is 4.98 Å². The van der Waals surface area contributed by atoms with Gasteiger partial charge in [-0.1, -0.05) is 0 Å². The number of hydrogen-bond acceptors (Lipinski definition) is 9. The summed E-state index contributed by atoms with van der Waals surface area (Å²) in [5.74, 6) is 1.22. The molecule has 162 valence electrons. The molecule has 1 aromatic carbocycles. The molecule has 2 aromatic rings. The van der Waals surface area contributed by atoms with E-state index in [0.29, 0.717) is 17.2 Å². The Hall–Kier alpha value is -3.02. The molecule has 0 saturated carbocycles. The van der Waals surface area contributed by atoms with Gasteiger partial charge in [-0.3, -0.25) is 9.56 Å². The van der Waals surface area contributed by atoms with E-state index in [1.807, 2.05) is 0 Å². The monoisotopic (exact) mass is 422 g/mol. The Morgan fingerprint density at radius 2 is 2.13 bits per heavy atom. The third-order valence-corrected chi connectivity index (χ3v) is 5.08. The lowest BCUT2D eigenvalue weighted by atomic mass is 10.0. The fourth-order valence-electron chi connectivity index (χ4n) is 3.33. The lowest BCUT2D eigenvalue weighted by molar-refractivity contribution is -0.172. The van der Waals surface area contributed by atoms with Gasteiger partial charge < -0.3 is 29.7 Å².